The molecule has 0 saturated carbocycles. The van der Waals surface area contributed by atoms with E-state index in [0.29, 0.717) is 0 Å². The van der Waals surface area contributed by atoms with Gasteiger partial charge in [0.2, 0.25) is 5.91 Å². The first-order valence-electron chi connectivity index (χ1n) is 5.88. The van der Waals surface area contributed by atoms with Crippen LogP contribution in [0.1, 0.15) is 31.9 Å². The standard InChI is InChI=1S/C14H18N2O/c1-9(13(15)17)12-11-7-5-4-6-10(11)8-14(2,3)16-12/h4-7,9H,8H2,1-3H3,(H2,15,17). The van der Waals surface area contributed by atoms with E-state index in [1.165, 1.54) is 5.56 Å². The first kappa shape index (κ1) is 11.8. The Hall–Kier alpha value is -1.64. The molecule has 0 spiro atoms. The third-order valence-corrected chi connectivity index (χ3v) is 3.18. The number of rotatable bonds is 2. The molecule has 1 aromatic rings. The second kappa shape index (κ2) is 3.99. The number of amides is 1. The second-order valence-corrected chi connectivity index (χ2v) is 5.27. The Morgan fingerprint density at radius 3 is 2.71 bits per heavy atom. The van der Waals surface area contributed by atoms with E-state index in [4.69, 9.17) is 10.7 Å². The maximum absolute atomic E-state index is 11.4. The number of hydrogen-bond acceptors (Lipinski definition) is 2. The van der Waals surface area contributed by atoms with Crippen molar-refractivity contribution in [3.63, 3.8) is 0 Å². The molecule has 0 aliphatic carbocycles. The van der Waals surface area contributed by atoms with Crippen LogP contribution in [-0.4, -0.2) is 17.2 Å². The van der Waals surface area contributed by atoms with Crippen molar-refractivity contribution in [2.24, 2.45) is 16.6 Å². The normalized spacial score (nSPS) is 19.1. The van der Waals surface area contributed by atoms with Crippen LogP contribution in [0.5, 0.6) is 0 Å². The lowest BCUT2D eigenvalue weighted by Crippen LogP contribution is -2.36. The molecule has 2 N–H and O–H groups in total. The average molecular weight is 230 g/mol. The molecule has 1 unspecified atom stereocenters. The molecule has 0 bridgehead atoms. The Kier molecular flexibility index (Phi) is 2.77. The minimum atomic E-state index is -0.337. The number of benzene rings is 1. The van der Waals surface area contributed by atoms with Gasteiger partial charge in [-0.2, -0.15) is 0 Å². The van der Waals surface area contributed by atoms with Crippen LogP contribution in [0.3, 0.4) is 0 Å². The van der Waals surface area contributed by atoms with E-state index >= 15 is 0 Å². The first-order valence-corrected chi connectivity index (χ1v) is 5.88. The summed E-state index contributed by atoms with van der Waals surface area (Å²) in [5, 5.41) is 0. The van der Waals surface area contributed by atoms with Gasteiger partial charge in [-0.05, 0) is 38.3 Å². The van der Waals surface area contributed by atoms with Crippen LogP contribution in [0.2, 0.25) is 0 Å². The number of nitrogens with zero attached hydrogens (tertiary/aromatic N) is 1. The molecule has 1 heterocycles. The number of nitrogens with two attached hydrogens (primary N) is 1. The van der Waals surface area contributed by atoms with Crippen molar-refractivity contribution < 1.29 is 4.79 Å². The largest absolute Gasteiger partial charge is 0.369 e. The van der Waals surface area contributed by atoms with Gasteiger partial charge in [0.15, 0.2) is 0 Å². The maximum Gasteiger partial charge on any atom is 0.226 e. The number of fused-ring (bicyclic) bond motifs is 1. The van der Waals surface area contributed by atoms with Crippen LogP contribution in [0, 0.1) is 5.92 Å². The van der Waals surface area contributed by atoms with Crippen LogP contribution >= 0.6 is 0 Å². The molecule has 17 heavy (non-hydrogen) atoms. The van der Waals surface area contributed by atoms with Gasteiger partial charge in [0.25, 0.3) is 0 Å². The van der Waals surface area contributed by atoms with Crippen molar-refractivity contribution in [2.45, 2.75) is 32.7 Å². The molecule has 3 nitrogen and oxygen atoms in total. The molecule has 0 fully saturated rings. The predicted molar refractivity (Wildman–Crippen MR) is 69.1 cm³/mol. The molecular formula is C14H18N2O. The lowest BCUT2D eigenvalue weighted by molar-refractivity contribution is -0.119. The van der Waals surface area contributed by atoms with Gasteiger partial charge in [-0.15, -0.1) is 0 Å². The van der Waals surface area contributed by atoms with Gasteiger partial charge < -0.3 is 5.73 Å². The quantitative estimate of drug-likeness (QED) is 0.829. The monoisotopic (exact) mass is 230 g/mol. The molecule has 1 aliphatic heterocycles. The van der Waals surface area contributed by atoms with Crippen molar-refractivity contribution >= 4 is 11.6 Å². The van der Waals surface area contributed by atoms with Gasteiger partial charge >= 0.3 is 0 Å². The first-order chi connectivity index (χ1) is 7.91. The van der Waals surface area contributed by atoms with Crippen molar-refractivity contribution in [3.05, 3.63) is 35.4 Å². The number of hydrogen-bond donors (Lipinski definition) is 1. The second-order valence-electron chi connectivity index (χ2n) is 5.27. The predicted octanol–water partition coefficient (Wildman–Crippen LogP) is 1.93. The molecule has 0 aromatic heterocycles. The fourth-order valence-corrected chi connectivity index (χ4v) is 2.28. The molecule has 90 valence electrons. The van der Waals surface area contributed by atoms with Crippen LogP contribution in [0.25, 0.3) is 0 Å². The molecule has 0 saturated heterocycles. The van der Waals surface area contributed by atoms with Gasteiger partial charge in [0.1, 0.15) is 0 Å². The maximum atomic E-state index is 11.4. The highest BCUT2D eigenvalue weighted by atomic mass is 16.1. The number of carbonyl (C=O) groups is 1. The summed E-state index contributed by atoms with van der Waals surface area (Å²) in [4.78, 5) is 16.1. The molecule has 2 rings (SSSR count). The third-order valence-electron chi connectivity index (χ3n) is 3.18. The summed E-state index contributed by atoms with van der Waals surface area (Å²) < 4.78 is 0. The summed E-state index contributed by atoms with van der Waals surface area (Å²) in [6.45, 7) is 5.98. The Bertz CT molecular complexity index is 489. The van der Waals surface area contributed by atoms with Crippen molar-refractivity contribution in [2.75, 3.05) is 0 Å². The van der Waals surface area contributed by atoms with Gasteiger partial charge in [-0.3, -0.25) is 9.79 Å². The summed E-state index contributed by atoms with van der Waals surface area (Å²) in [7, 11) is 0. The summed E-state index contributed by atoms with van der Waals surface area (Å²) in [5.74, 6) is -0.660. The van der Waals surface area contributed by atoms with Crippen LogP contribution < -0.4 is 5.73 Å². The Morgan fingerprint density at radius 1 is 1.41 bits per heavy atom. The fraction of sp³-hybridized carbons (Fsp3) is 0.429. The Morgan fingerprint density at radius 2 is 2.06 bits per heavy atom. The van der Waals surface area contributed by atoms with E-state index in [9.17, 15) is 4.79 Å². The highest BCUT2D eigenvalue weighted by molar-refractivity contribution is 6.13. The molecule has 1 aliphatic rings. The lowest BCUT2D eigenvalue weighted by Gasteiger charge is -2.30. The van der Waals surface area contributed by atoms with Crippen LogP contribution in [0.4, 0.5) is 0 Å². The molecule has 1 atom stereocenters. The minimum absolute atomic E-state index is 0.159. The average Bonchev–Trinajstić information content (AvgIpc) is 2.25. The molecule has 1 aromatic carbocycles. The van der Waals surface area contributed by atoms with Crippen molar-refractivity contribution in [1.29, 1.82) is 0 Å². The smallest absolute Gasteiger partial charge is 0.226 e. The number of carbonyl (C=O) groups excluding carboxylic acids is 1. The molecule has 0 radical (unpaired) electrons. The molecule has 1 amide bonds. The van der Waals surface area contributed by atoms with Gasteiger partial charge in [0, 0.05) is 0 Å². The topological polar surface area (TPSA) is 55.5 Å². The van der Waals surface area contributed by atoms with Gasteiger partial charge in [0.05, 0.1) is 17.2 Å². The van der Waals surface area contributed by atoms with Crippen LogP contribution in [0.15, 0.2) is 29.3 Å². The summed E-state index contributed by atoms with van der Waals surface area (Å²) >= 11 is 0. The molecular weight excluding hydrogens is 212 g/mol. The minimum Gasteiger partial charge on any atom is -0.369 e. The third kappa shape index (κ3) is 2.23. The highest BCUT2D eigenvalue weighted by Crippen LogP contribution is 2.29. The Labute approximate surface area is 102 Å². The zero-order chi connectivity index (χ0) is 12.6. The van der Waals surface area contributed by atoms with E-state index in [0.717, 1.165) is 17.7 Å². The highest BCUT2D eigenvalue weighted by Gasteiger charge is 2.30. The zero-order valence-electron chi connectivity index (χ0n) is 10.5. The fourth-order valence-electron chi connectivity index (χ4n) is 2.28. The van der Waals surface area contributed by atoms with Crippen molar-refractivity contribution in [3.8, 4) is 0 Å². The van der Waals surface area contributed by atoms with E-state index in [-0.39, 0.29) is 17.4 Å². The van der Waals surface area contributed by atoms with Gasteiger partial charge in [-0.1, -0.05) is 24.3 Å². The summed E-state index contributed by atoms with van der Waals surface area (Å²) in [6.07, 6.45) is 0.901. The van der Waals surface area contributed by atoms with E-state index in [2.05, 4.69) is 19.9 Å². The number of aliphatic imine (C=N–C) groups is 1. The summed E-state index contributed by atoms with van der Waals surface area (Å²) in [5.41, 5.74) is 8.37. The van der Waals surface area contributed by atoms with E-state index < -0.39 is 0 Å². The molecule has 3 heteroatoms. The van der Waals surface area contributed by atoms with Crippen LogP contribution in [-0.2, 0) is 11.2 Å². The SMILES string of the molecule is CC(C(N)=O)C1=NC(C)(C)Cc2ccccc21. The van der Waals surface area contributed by atoms with Crippen molar-refractivity contribution in [1.82, 2.24) is 0 Å². The summed E-state index contributed by atoms with van der Waals surface area (Å²) in [6, 6.07) is 8.11. The number of primary amides is 1. The lowest BCUT2D eigenvalue weighted by atomic mass is 9.83. The van der Waals surface area contributed by atoms with Gasteiger partial charge in [-0.25, -0.2) is 0 Å². The van der Waals surface area contributed by atoms with E-state index in [1.807, 2.05) is 25.1 Å². The Balaban J connectivity index is 2.54. The van der Waals surface area contributed by atoms with E-state index in [1.54, 1.807) is 0 Å². The zero-order valence-corrected chi connectivity index (χ0v) is 10.5.